The van der Waals surface area contributed by atoms with Gasteiger partial charge in [0.2, 0.25) is 0 Å². The van der Waals surface area contributed by atoms with Crippen molar-refractivity contribution in [2.24, 2.45) is 7.05 Å². The Labute approximate surface area is 130 Å². The zero-order valence-electron chi connectivity index (χ0n) is 13.0. The molecule has 116 valence electrons. The Bertz CT molecular complexity index is 648. The highest BCUT2D eigenvalue weighted by atomic mass is 16.5. The van der Waals surface area contributed by atoms with Gasteiger partial charge in [-0.1, -0.05) is 12.1 Å². The summed E-state index contributed by atoms with van der Waals surface area (Å²) in [6, 6.07) is 11.8. The molecule has 5 heteroatoms. The zero-order chi connectivity index (χ0) is 15.5. The lowest BCUT2D eigenvalue weighted by molar-refractivity contribution is 0.0624. The molecule has 1 N–H and O–H groups in total. The van der Waals surface area contributed by atoms with Crippen molar-refractivity contribution < 1.29 is 9.53 Å². The monoisotopic (exact) mass is 299 g/mol. The third-order valence-corrected chi connectivity index (χ3v) is 4.17. The van der Waals surface area contributed by atoms with Crippen molar-refractivity contribution in [3.05, 3.63) is 53.9 Å². The van der Waals surface area contributed by atoms with Crippen LogP contribution in [0.5, 0.6) is 5.75 Å². The average molecular weight is 299 g/mol. The molecule has 0 spiro atoms. The molecule has 1 aromatic heterocycles. The number of nitrogens with one attached hydrogen (secondary N) is 1. The third-order valence-electron chi connectivity index (χ3n) is 4.17. The van der Waals surface area contributed by atoms with Crippen LogP contribution in [-0.2, 0) is 7.05 Å². The Kier molecular flexibility index (Phi) is 4.15. The molecule has 0 bridgehead atoms. The van der Waals surface area contributed by atoms with Gasteiger partial charge in [0.25, 0.3) is 5.91 Å². The first-order chi connectivity index (χ1) is 10.7. The summed E-state index contributed by atoms with van der Waals surface area (Å²) in [5.74, 6) is 0.905. The standard InChI is InChI=1S/C17H21N3O2/c1-19-10-3-4-15(19)17(21)20-11-9-18-12-16(20)13-5-7-14(22-2)8-6-13/h3-8,10,16,18H,9,11-12H2,1-2H3. The maximum absolute atomic E-state index is 12.8. The summed E-state index contributed by atoms with van der Waals surface area (Å²) in [7, 11) is 3.56. The topological polar surface area (TPSA) is 46.5 Å². The molecule has 1 amide bonds. The van der Waals surface area contributed by atoms with Crippen LogP contribution in [0.2, 0.25) is 0 Å². The molecule has 1 fully saturated rings. The van der Waals surface area contributed by atoms with E-state index in [0.717, 1.165) is 30.1 Å². The fourth-order valence-electron chi connectivity index (χ4n) is 2.90. The molecular weight excluding hydrogens is 278 g/mol. The molecule has 1 aliphatic rings. The van der Waals surface area contributed by atoms with Crippen LogP contribution in [0.3, 0.4) is 0 Å². The molecule has 1 aliphatic heterocycles. The second kappa shape index (κ2) is 6.23. The Morgan fingerprint density at radius 3 is 2.68 bits per heavy atom. The van der Waals surface area contributed by atoms with Gasteiger partial charge in [-0.2, -0.15) is 0 Å². The van der Waals surface area contributed by atoms with Gasteiger partial charge >= 0.3 is 0 Å². The summed E-state index contributed by atoms with van der Waals surface area (Å²) in [4.78, 5) is 14.8. The number of hydrogen-bond donors (Lipinski definition) is 1. The molecule has 2 aromatic rings. The van der Waals surface area contributed by atoms with Gasteiger partial charge in [0, 0.05) is 32.9 Å². The van der Waals surface area contributed by atoms with Crippen molar-refractivity contribution >= 4 is 5.91 Å². The molecule has 5 nitrogen and oxygen atoms in total. The van der Waals surface area contributed by atoms with Gasteiger partial charge in [0.1, 0.15) is 11.4 Å². The first kappa shape index (κ1) is 14.7. The minimum atomic E-state index is 0.0436. The molecule has 0 aliphatic carbocycles. The van der Waals surface area contributed by atoms with E-state index in [1.165, 1.54) is 0 Å². The third kappa shape index (κ3) is 2.72. The molecule has 3 rings (SSSR count). The van der Waals surface area contributed by atoms with Crippen LogP contribution in [0.4, 0.5) is 0 Å². The summed E-state index contributed by atoms with van der Waals surface area (Å²) in [5.41, 5.74) is 1.84. The summed E-state index contributed by atoms with van der Waals surface area (Å²) in [6.07, 6.45) is 1.90. The molecule has 22 heavy (non-hydrogen) atoms. The number of rotatable bonds is 3. The van der Waals surface area contributed by atoms with Crippen molar-refractivity contribution in [1.82, 2.24) is 14.8 Å². The fraction of sp³-hybridized carbons (Fsp3) is 0.353. The first-order valence-corrected chi connectivity index (χ1v) is 7.47. The smallest absolute Gasteiger partial charge is 0.271 e. The predicted molar refractivity (Wildman–Crippen MR) is 85.1 cm³/mol. The first-order valence-electron chi connectivity index (χ1n) is 7.47. The molecule has 1 unspecified atom stereocenters. The summed E-state index contributed by atoms with van der Waals surface area (Å²) in [5, 5.41) is 3.37. The lowest BCUT2D eigenvalue weighted by atomic mass is 10.0. The number of piperazine rings is 1. The number of nitrogens with zero attached hydrogens (tertiary/aromatic N) is 2. The lowest BCUT2D eigenvalue weighted by Gasteiger charge is -2.36. The van der Waals surface area contributed by atoms with E-state index in [4.69, 9.17) is 4.74 Å². The predicted octanol–water partition coefficient (Wildman–Crippen LogP) is 1.82. The number of benzene rings is 1. The Hall–Kier alpha value is -2.27. The van der Waals surface area contributed by atoms with E-state index in [-0.39, 0.29) is 11.9 Å². The number of aryl methyl sites for hydroxylation is 1. The van der Waals surface area contributed by atoms with Crippen LogP contribution in [-0.4, -0.2) is 42.1 Å². The highest BCUT2D eigenvalue weighted by Crippen LogP contribution is 2.26. The molecular formula is C17H21N3O2. The van der Waals surface area contributed by atoms with E-state index in [1.54, 1.807) is 7.11 Å². The van der Waals surface area contributed by atoms with Crippen LogP contribution in [0, 0.1) is 0 Å². The second-order valence-electron chi connectivity index (χ2n) is 5.50. The molecule has 1 atom stereocenters. The van der Waals surface area contributed by atoms with Crippen molar-refractivity contribution in [3.8, 4) is 5.75 Å². The average Bonchev–Trinajstić information content (AvgIpc) is 3.00. The number of ether oxygens (including phenoxy) is 1. The van der Waals surface area contributed by atoms with Crippen molar-refractivity contribution in [2.75, 3.05) is 26.7 Å². The Morgan fingerprint density at radius 1 is 1.27 bits per heavy atom. The molecule has 1 saturated heterocycles. The van der Waals surface area contributed by atoms with Gasteiger partial charge in [0.05, 0.1) is 13.2 Å². The van der Waals surface area contributed by atoms with Crippen molar-refractivity contribution in [2.45, 2.75) is 6.04 Å². The SMILES string of the molecule is COc1ccc(C2CNCCN2C(=O)c2cccn2C)cc1. The lowest BCUT2D eigenvalue weighted by Crippen LogP contribution is -2.49. The minimum Gasteiger partial charge on any atom is -0.497 e. The number of hydrogen-bond acceptors (Lipinski definition) is 3. The van der Waals surface area contributed by atoms with Crippen LogP contribution in [0.1, 0.15) is 22.1 Å². The molecule has 2 heterocycles. The largest absolute Gasteiger partial charge is 0.497 e. The summed E-state index contributed by atoms with van der Waals surface area (Å²) < 4.78 is 7.08. The van der Waals surface area contributed by atoms with E-state index in [9.17, 15) is 4.79 Å². The Morgan fingerprint density at radius 2 is 2.05 bits per heavy atom. The van der Waals surface area contributed by atoms with E-state index in [2.05, 4.69) is 5.32 Å². The summed E-state index contributed by atoms with van der Waals surface area (Å²) in [6.45, 7) is 2.30. The fourth-order valence-corrected chi connectivity index (χ4v) is 2.90. The van der Waals surface area contributed by atoms with Crippen LogP contribution in [0.25, 0.3) is 0 Å². The van der Waals surface area contributed by atoms with Crippen LogP contribution >= 0.6 is 0 Å². The number of aromatic nitrogens is 1. The van der Waals surface area contributed by atoms with E-state index in [1.807, 2.05) is 59.1 Å². The van der Waals surface area contributed by atoms with E-state index < -0.39 is 0 Å². The highest BCUT2D eigenvalue weighted by Gasteiger charge is 2.29. The van der Waals surface area contributed by atoms with Crippen LogP contribution in [0.15, 0.2) is 42.6 Å². The molecule has 0 saturated carbocycles. The summed E-state index contributed by atoms with van der Waals surface area (Å²) >= 11 is 0. The van der Waals surface area contributed by atoms with Crippen LogP contribution < -0.4 is 10.1 Å². The second-order valence-corrected chi connectivity index (χ2v) is 5.50. The Balaban J connectivity index is 1.87. The van der Waals surface area contributed by atoms with Gasteiger partial charge in [-0.3, -0.25) is 4.79 Å². The maximum Gasteiger partial charge on any atom is 0.271 e. The number of carbonyl (C=O) groups is 1. The maximum atomic E-state index is 12.8. The van der Waals surface area contributed by atoms with E-state index in [0.29, 0.717) is 6.54 Å². The zero-order valence-corrected chi connectivity index (χ0v) is 13.0. The highest BCUT2D eigenvalue weighted by molar-refractivity contribution is 5.93. The quantitative estimate of drug-likeness (QED) is 0.940. The van der Waals surface area contributed by atoms with Gasteiger partial charge in [-0.15, -0.1) is 0 Å². The number of methoxy groups -OCH3 is 1. The molecule has 0 radical (unpaired) electrons. The van der Waals surface area contributed by atoms with Gasteiger partial charge in [-0.25, -0.2) is 0 Å². The number of carbonyl (C=O) groups excluding carboxylic acids is 1. The molecule has 1 aromatic carbocycles. The minimum absolute atomic E-state index is 0.0436. The normalized spacial score (nSPS) is 18.3. The van der Waals surface area contributed by atoms with Gasteiger partial charge < -0.3 is 19.5 Å². The van der Waals surface area contributed by atoms with Gasteiger partial charge in [-0.05, 0) is 29.8 Å². The van der Waals surface area contributed by atoms with Crippen molar-refractivity contribution in [1.29, 1.82) is 0 Å². The van der Waals surface area contributed by atoms with Crippen molar-refractivity contribution in [3.63, 3.8) is 0 Å². The number of amides is 1. The van der Waals surface area contributed by atoms with E-state index >= 15 is 0 Å². The van der Waals surface area contributed by atoms with Gasteiger partial charge in [0.15, 0.2) is 0 Å².